The molecule has 2 amide bonds. The van der Waals surface area contributed by atoms with Crippen LogP contribution in [0.4, 0.5) is 0 Å². The summed E-state index contributed by atoms with van der Waals surface area (Å²) in [5, 5.41) is 0.922. The van der Waals surface area contributed by atoms with Gasteiger partial charge in [-0.25, -0.2) is 5.48 Å². The molecule has 39 heavy (non-hydrogen) atoms. The third kappa shape index (κ3) is 5.85. The van der Waals surface area contributed by atoms with Crippen LogP contribution in [-0.4, -0.2) is 47.8 Å². The van der Waals surface area contributed by atoms with Crippen molar-refractivity contribution in [1.82, 2.24) is 15.3 Å². The second kappa shape index (κ2) is 12.1. The lowest BCUT2D eigenvalue weighted by molar-refractivity contribution is -0.138. The van der Waals surface area contributed by atoms with Crippen LogP contribution in [0.2, 0.25) is 10.0 Å². The maximum absolute atomic E-state index is 14.1. The second-order valence-electron chi connectivity index (χ2n) is 10.6. The highest BCUT2D eigenvalue weighted by Gasteiger charge is 2.48. The van der Waals surface area contributed by atoms with Gasteiger partial charge in [0.25, 0.3) is 11.8 Å². The SMILES string of the molecule is CN(C)C1CCC(N2C(=O)c3ccccc3[C@@H](C(=O)NOCc3ccccc3)[C@@H]2c2ccc(Cl)cc2Cl)CC1. The van der Waals surface area contributed by atoms with Gasteiger partial charge in [-0.15, -0.1) is 0 Å². The number of hydroxylamine groups is 1. The number of nitrogens with one attached hydrogen (secondary N) is 1. The van der Waals surface area contributed by atoms with Crippen molar-refractivity contribution in [3.63, 3.8) is 0 Å². The van der Waals surface area contributed by atoms with Crippen molar-refractivity contribution in [2.24, 2.45) is 0 Å². The highest BCUT2D eigenvalue weighted by Crippen LogP contribution is 2.47. The highest BCUT2D eigenvalue weighted by atomic mass is 35.5. The maximum Gasteiger partial charge on any atom is 0.254 e. The summed E-state index contributed by atoms with van der Waals surface area (Å²) >= 11 is 13.0. The van der Waals surface area contributed by atoms with Crippen LogP contribution in [0.25, 0.3) is 0 Å². The molecule has 1 heterocycles. The van der Waals surface area contributed by atoms with Gasteiger partial charge in [-0.1, -0.05) is 77.8 Å². The van der Waals surface area contributed by atoms with E-state index in [1.807, 2.05) is 59.5 Å². The molecular formula is C31H33Cl2N3O3. The van der Waals surface area contributed by atoms with Crippen LogP contribution in [0.1, 0.15) is 64.7 Å². The fourth-order valence-corrected chi connectivity index (χ4v) is 6.51. The number of hydrogen-bond acceptors (Lipinski definition) is 4. The minimum Gasteiger partial charge on any atom is -0.327 e. The molecule has 1 N–H and O–H groups in total. The number of fused-ring (bicyclic) bond motifs is 1. The molecule has 0 saturated heterocycles. The molecule has 3 aromatic carbocycles. The van der Waals surface area contributed by atoms with Crippen LogP contribution in [0.3, 0.4) is 0 Å². The number of amides is 2. The molecule has 0 bridgehead atoms. The molecule has 204 valence electrons. The molecule has 6 nitrogen and oxygen atoms in total. The number of carbonyl (C=O) groups is 2. The van der Waals surface area contributed by atoms with E-state index in [1.54, 1.807) is 18.2 Å². The molecule has 5 rings (SSSR count). The molecule has 0 aromatic heterocycles. The summed E-state index contributed by atoms with van der Waals surface area (Å²) in [7, 11) is 4.19. The van der Waals surface area contributed by atoms with E-state index in [9.17, 15) is 9.59 Å². The summed E-state index contributed by atoms with van der Waals surface area (Å²) in [4.78, 5) is 37.9. The largest absolute Gasteiger partial charge is 0.327 e. The Kier molecular flexibility index (Phi) is 8.57. The van der Waals surface area contributed by atoms with E-state index >= 15 is 0 Å². The van der Waals surface area contributed by atoms with Crippen LogP contribution in [0.5, 0.6) is 0 Å². The van der Waals surface area contributed by atoms with E-state index in [0.717, 1.165) is 31.2 Å². The highest BCUT2D eigenvalue weighted by molar-refractivity contribution is 6.35. The van der Waals surface area contributed by atoms with E-state index in [2.05, 4.69) is 24.5 Å². The van der Waals surface area contributed by atoms with Gasteiger partial charge >= 0.3 is 0 Å². The van der Waals surface area contributed by atoms with Gasteiger partial charge < -0.3 is 9.80 Å². The lowest BCUT2D eigenvalue weighted by atomic mass is 9.77. The van der Waals surface area contributed by atoms with Gasteiger partial charge in [-0.3, -0.25) is 14.4 Å². The van der Waals surface area contributed by atoms with E-state index in [1.165, 1.54) is 0 Å². The zero-order valence-electron chi connectivity index (χ0n) is 22.1. The third-order valence-electron chi connectivity index (χ3n) is 7.98. The van der Waals surface area contributed by atoms with E-state index in [4.69, 9.17) is 28.0 Å². The van der Waals surface area contributed by atoms with Crippen LogP contribution < -0.4 is 5.48 Å². The molecule has 1 saturated carbocycles. The molecule has 2 aliphatic rings. The Bertz CT molecular complexity index is 1330. The number of carbonyl (C=O) groups excluding carboxylic acids is 2. The molecular weight excluding hydrogens is 533 g/mol. The topological polar surface area (TPSA) is 61.9 Å². The summed E-state index contributed by atoms with van der Waals surface area (Å²) < 4.78 is 0. The molecule has 0 unspecified atom stereocenters. The number of rotatable bonds is 7. The Morgan fingerprint density at radius 3 is 2.33 bits per heavy atom. The summed E-state index contributed by atoms with van der Waals surface area (Å²) in [5.74, 6) is -1.13. The minimum absolute atomic E-state index is 0.0284. The normalized spacial score (nSPS) is 23.0. The van der Waals surface area contributed by atoms with Gasteiger partial charge in [-0.05, 0) is 74.7 Å². The predicted octanol–water partition coefficient (Wildman–Crippen LogP) is 6.39. The second-order valence-corrected chi connectivity index (χ2v) is 11.4. The first-order valence-corrected chi connectivity index (χ1v) is 14.1. The average Bonchev–Trinajstić information content (AvgIpc) is 2.94. The van der Waals surface area contributed by atoms with Crippen LogP contribution in [0, 0.1) is 0 Å². The summed E-state index contributed by atoms with van der Waals surface area (Å²) in [6.45, 7) is 0.227. The van der Waals surface area contributed by atoms with Crippen molar-refractivity contribution < 1.29 is 14.4 Å². The van der Waals surface area contributed by atoms with Crippen LogP contribution in [0.15, 0.2) is 72.8 Å². The Labute approximate surface area is 239 Å². The van der Waals surface area contributed by atoms with Gasteiger partial charge in [0.15, 0.2) is 0 Å². The van der Waals surface area contributed by atoms with E-state index < -0.39 is 12.0 Å². The molecule has 0 radical (unpaired) electrons. The molecule has 1 aliphatic heterocycles. The predicted molar refractivity (Wildman–Crippen MR) is 154 cm³/mol. The first kappa shape index (κ1) is 27.7. The first-order chi connectivity index (χ1) is 18.8. The Hall–Kier alpha value is -2.90. The standard InChI is InChI=1S/C31H33Cl2N3O3/c1-35(2)22-13-15-23(16-14-22)36-29(26-17-12-21(32)18-27(26)33)28(24-10-6-7-11-25(24)31(36)38)30(37)34-39-19-20-8-4-3-5-9-20/h3-12,17-18,22-23,28-29H,13-16,19H2,1-2H3,(H,34,37)/t22?,23?,28-,29+/m1/s1. The molecule has 8 heteroatoms. The molecule has 3 aromatic rings. The summed E-state index contributed by atoms with van der Waals surface area (Å²) in [6, 6.07) is 22.1. The average molecular weight is 567 g/mol. The molecule has 2 atom stereocenters. The minimum atomic E-state index is -0.722. The van der Waals surface area contributed by atoms with Crippen LogP contribution >= 0.6 is 23.2 Å². The van der Waals surface area contributed by atoms with Crippen molar-refractivity contribution in [3.05, 3.63) is 105 Å². The van der Waals surface area contributed by atoms with Crippen LogP contribution in [-0.2, 0) is 16.2 Å². The third-order valence-corrected chi connectivity index (χ3v) is 8.55. The van der Waals surface area contributed by atoms with E-state index in [0.29, 0.717) is 32.8 Å². The smallest absolute Gasteiger partial charge is 0.254 e. The van der Waals surface area contributed by atoms with Crippen molar-refractivity contribution in [3.8, 4) is 0 Å². The summed E-state index contributed by atoms with van der Waals surface area (Å²) in [5.41, 5.74) is 5.52. The van der Waals surface area contributed by atoms with Gasteiger partial charge in [0.1, 0.15) is 0 Å². The fourth-order valence-electron chi connectivity index (χ4n) is 5.99. The lowest BCUT2D eigenvalue weighted by Crippen LogP contribution is -2.53. The fraction of sp³-hybridized carbons (Fsp3) is 0.355. The maximum atomic E-state index is 14.1. The van der Waals surface area contributed by atoms with Gasteiger partial charge in [0.05, 0.1) is 18.6 Å². The van der Waals surface area contributed by atoms with E-state index in [-0.39, 0.29) is 24.5 Å². The van der Waals surface area contributed by atoms with Gasteiger partial charge in [0, 0.05) is 27.7 Å². The number of benzene rings is 3. The first-order valence-electron chi connectivity index (χ1n) is 13.3. The zero-order valence-corrected chi connectivity index (χ0v) is 23.7. The Morgan fingerprint density at radius 1 is 0.949 bits per heavy atom. The molecule has 1 aliphatic carbocycles. The van der Waals surface area contributed by atoms with Crippen molar-refractivity contribution in [2.45, 2.75) is 56.3 Å². The monoisotopic (exact) mass is 565 g/mol. The lowest BCUT2D eigenvalue weighted by Gasteiger charge is -2.48. The zero-order chi connectivity index (χ0) is 27.5. The Morgan fingerprint density at radius 2 is 1.64 bits per heavy atom. The van der Waals surface area contributed by atoms with Gasteiger partial charge in [0.2, 0.25) is 0 Å². The Balaban J connectivity index is 1.53. The van der Waals surface area contributed by atoms with Crippen molar-refractivity contribution >= 4 is 35.0 Å². The van der Waals surface area contributed by atoms with Crippen molar-refractivity contribution in [2.75, 3.05) is 14.1 Å². The molecule has 1 fully saturated rings. The summed E-state index contributed by atoms with van der Waals surface area (Å²) in [6.07, 6.45) is 3.64. The van der Waals surface area contributed by atoms with Crippen molar-refractivity contribution in [1.29, 1.82) is 0 Å². The van der Waals surface area contributed by atoms with Gasteiger partial charge in [-0.2, -0.15) is 0 Å². The molecule has 0 spiro atoms. The number of nitrogens with zero attached hydrogens (tertiary/aromatic N) is 2. The number of halogens is 2. The quantitative estimate of drug-likeness (QED) is 0.337. The number of hydrogen-bond donors (Lipinski definition) is 1.